The highest BCUT2D eigenvalue weighted by molar-refractivity contribution is 7.83. The van der Waals surface area contributed by atoms with E-state index in [0.29, 0.717) is 23.8 Å². The Morgan fingerprint density at radius 3 is 2.26 bits per heavy atom. The molecule has 0 spiro atoms. The molecule has 1 heterocycles. The van der Waals surface area contributed by atoms with Crippen LogP contribution < -0.4 is 5.14 Å². The highest BCUT2D eigenvalue weighted by Gasteiger charge is 2.43. The minimum atomic E-state index is -4.43. The van der Waals surface area contributed by atoms with Crippen molar-refractivity contribution in [2.45, 2.75) is 70.8 Å². The van der Waals surface area contributed by atoms with E-state index in [9.17, 15) is 17.4 Å². The number of hydrogen-bond donors (Lipinski definition) is 1. The van der Waals surface area contributed by atoms with E-state index in [-0.39, 0.29) is 12.0 Å². The minimum Gasteiger partial charge on any atom is -0.347 e. The lowest BCUT2D eigenvalue weighted by Gasteiger charge is -2.22. The van der Waals surface area contributed by atoms with E-state index in [0.717, 1.165) is 11.1 Å². The summed E-state index contributed by atoms with van der Waals surface area (Å²) in [7, 11) is -1.79. The maximum Gasteiger partial charge on any atom is 0.395 e. The van der Waals surface area contributed by atoms with Crippen LogP contribution in [-0.4, -0.2) is 20.2 Å². The highest BCUT2D eigenvalue weighted by Crippen LogP contribution is 2.42. The number of fused-ring (bicyclic) bond motifs is 1. The molecule has 3 nitrogen and oxygen atoms in total. The van der Waals surface area contributed by atoms with Gasteiger partial charge in [-0.25, -0.2) is 4.21 Å². The van der Waals surface area contributed by atoms with Crippen molar-refractivity contribution in [1.82, 2.24) is 4.57 Å². The van der Waals surface area contributed by atoms with Gasteiger partial charge in [-0.3, -0.25) is 5.14 Å². The van der Waals surface area contributed by atoms with Crippen LogP contribution in [-0.2, 0) is 17.5 Å². The first-order valence-corrected chi connectivity index (χ1v) is 10.5. The van der Waals surface area contributed by atoms with E-state index >= 15 is 0 Å². The Balaban J connectivity index is 2.65. The number of hydrogen-bond acceptors (Lipinski definition) is 1. The van der Waals surface area contributed by atoms with Crippen LogP contribution in [0.15, 0.2) is 24.4 Å². The second kappa shape index (κ2) is 8.35. The molecule has 3 atom stereocenters. The maximum atomic E-state index is 13.9. The van der Waals surface area contributed by atoms with Crippen LogP contribution in [0.2, 0.25) is 0 Å². The highest BCUT2D eigenvalue weighted by atomic mass is 32.2. The first-order chi connectivity index (χ1) is 12.4. The van der Waals surface area contributed by atoms with E-state index in [1.165, 1.54) is 6.92 Å². The van der Waals surface area contributed by atoms with Gasteiger partial charge in [0.1, 0.15) is 0 Å². The Hall–Kier alpha value is -1.34. The van der Waals surface area contributed by atoms with Crippen LogP contribution in [0, 0.1) is 5.92 Å². The predicted molar refractivity (Wildman–Crippen MR) is 106 cm³/mol. The standard InChI is InChI=1S/C20H29F3N2OS/c1-12(2)10-25-11-17(16-7-6-15(13(3)4)9-19(16)25)18(20(21,22)23)8-14(5)27(24)26/h6-7,9,11-14,18H,8,10,24H2,1-5H3/t14?,18-,27?/m0/s1. The van der Waals surface area contributed by atoms with Gasteiger partial charge in [0.15, 0.2) is 0 Å². The van der Waals surface area contributed by atoms with Gasteiger partial charge in [-0.2, -0.15) is 13.2 Å². The lowest BCUT2D eigenvalue weighted by atomic mass is 9.92. The molecule has 0 aliphatic carbocycles. The molecular formula is C20H29F3N2OS. The molecule has 0 bridgehead atoms. The second-order valence-corrected chi connectivity index (χ2v) is 9.49. The lowest BCUT2D eigenvalue weighted by Crippen LogP contribution is -2.28. The van der Waals surface area contributed by atoms with Gasteiger partial charge in [0.05, 0.1) is 16.9 Å². The lowest BCUT2D eigenvalue weighted by molar-refractivity contribution is -0.151. The monoisotopic (exact) mass is 402 g/mol. The Labute approximate surface area is 161 Å². The maximum absolute atomic E-state index is 13.9. The summed E-state index contributed by atoms with van der Waals surface area (Å²) in [6.07, 6.45) is -3.10. The average Bonchev–Trinajstić information content (AvgIpc) is 2.87. The number of aromatic nitrogens is 1. The number of alkyl halides is 3. The zero-order valence-electron chi connectivity index (χ0n) is 16.5. The molecule has 0 aliphatic heterocycles. The number of nitrogens with zero attached hydrogens (tertiary/aromatic N) is 1. The zero-order chi connectivity index (χ0) is 20.5. The van der Waals surface area contributed by atoms with Crippen molar-refractivity contribution >= 4 is 21.9 Å². The summed E-state index contributed by atoms with van der Waals surface area (Å²) in [4.78, 5) is 0. The van der Waals surface area contributed by atoms with Gasteiger partial charge in [0.25, 0.3) is 0 Å². The summed E-state index contributed by atoms with van der Waals surface area (Å²) in [6.45, 7) is 10.3. The third-order valence-electron chi connectivity index (χ3n) is 4.90. The third kappa shape index (κ3) is 5.13. The van der Waals surface area contributed by atoms with Crippen LogP contribution in [0.1, 0.15) is 64.0 Å². The molecule has 2 N–H and O–H groups in total. The van der Waals surface area contributed by atoms with E-state index in [2.05, 4.69) is 13.8 Å². The van der Waals surface area contributed by atoms with Gasteiger partial charge >= 0.3 is 6.18 Å². The smallest absolute Gasteiger partial charge is 0.347 e. The summed E-state index contributed by atoms with van der Waals surface area (Å²) >= 11 is 0. The first kappa shape index (κ1) is 22.0. The molecule has 0 fully saturated rings. The summed E-state index contributed by atoms with van der Waals surface area (Å²) < 4.78 is 55.1. The van der Waals surface area contributed by atoms with Gasteiger partial charge in [0, 0.05) is 28.9 Å². The molecule has 1 aromatic heterocycles. The number of rotatable bonds is 7. The molecule has 0 amide bonds. The van der Waals surface area contributed by atoms with Crippen molar-refractivity contribution in [1.29, 1.82) is 0 Å². The van der Waals surface area contributed by atoms with Gasteiger partial charge in [-0.15, -0.1) is 0 Å². The largest absolute Gasteiger partial charge is 0.395 e. The fourth-order valence-electron chi connectivity index (χ4n) is 3.38. The molecule has 27 heavy (non-hydrogen) atoms. The van der Waals surface area contributed by atoms with E-state index in [4.69, 9.17) is 5.14 Å². The number of nitrogens with two attached hydrogens (primary N) is 1. The third-order valence-corrected chi connectivity index (χ3v) is 5.89. The van der Waals surface area contributed by atoms with E-state index in [1.54, 1.807) is 12.3 Å². The number of halogens is 3. The molecular weight excluding hydrogens is 373 g/mol. The number of benzene rings is 1. The Bertz CT molecular complexity index is 811. The van der Waals surface area contributed by atoms with Gasteiger partial charge in [-0.1, -0.05) is 39.8 Å². The van der Waals surface area contributed by atoms with Crippen molar-refractivity contribution in [3.63, 3.8) is 0 Å². The molecule has 2 aromatic rings. The summed E-state index contributed by atoms with van der Waals surface area (Å²) in [5, 5.41) is 5.21. The van der Waals surface area contributed by atoms with Crippen molar-refractivity contribution in [3.05, 3.63) is 35.5 Å². The zero-order valence-corrected chi connectivity index (χ0v) is 17.3. The SMILES string of the molecule is CC(C)Cn1cc([C@H](CC(C)S(N)=O)C(F)(F)F)c2ccc(C(C)C)cc21. The van der Waals surface area contributed by atoms with Crippen LogP contribution in [0.3, 0.4) is 0 Å². The van der Waals surface area contributed by atoms with Gasteiger partial charge < -0.3 is 4.57 Å². The summed E-state index contributed by atoms with van der Waals surface area (Å²) in [5.41, 5.74) is 2.16. The van der Waals surface area contributed by atoms with Crippen LogP contribution >= 0.6 is 0 Å². The van der Waals surface area contributed by atoms with Crippen LogP contribution in [0.25, 0.3) is 10.9 Å². The molecule has 1 aromatic carbocycles. The molecule has 2 unspecified atom stereocenters. The van der Waals surface area contributed by atoms with E-state index < -0.39 is 28.3 Å². The fraction of sp³-hybridized carbons (Fsp3) is 0.600. The van der Waals surface area contributed by atoms with Crippen LogP contribution in [0.5, 0.6) is 0 Å². The molecule has 7 heteroatoms. The Morgan fingerprint density at radius 2 is 1.78 bits per heavy atom. The summed E-state index contributed by atoms with van der Waals surface area (Å²) in [6, 6.07) is 5.68. The summed E-state index contributed by atoms with van der Waals surface area (Å²) in [5.74, 6) is -1.10. The molecule has 0 saturated carbocycles. The average molecular weight is 403 g/mol. The van der Waals surface area contributed by atoms with Crippen molar-refractivity contribution < 1.29 is 17.4 Å². The van der Waals surface area contributed by atoms with Crippen molar-refractivity contribution in [2.75, 3.05) is 0 Å². The minimum absolute atomic E-state index is 0.241. The van der Waals surface area contributed by atoms with Gasteiger partial charge in [0.2, 0.25) is 0 Å². The van der Waals surface area contributed by atoms with Crippen LogP contribution in [0.4, 0.5) is 13.2 Å². The molecule has 0 saturated heterocycles. The van der Waals surface area contributed by atoms with Crippen molar-refractivity contribution in [2.24, 2.45) is 11.1 Å². The topological polar surface area (TPSA) is 48.0 Å². The van der Waals surface area contributed by atoms with Gasteiger partial charge in [-0.05, 0) is 42.4 Å². The predicted octanol–water partition coefficient (Wildman–Crippen LogP) is 5.47. The normalized spacial score (nSPS) is 16.3. The fourth-order valence-corrected chi connectivity index (χ4v) is 3.76. The molecule has 152 valence electrons. The second-order valence-electron chi connectivity index (χ2n) is 8.03. The van der Waals surface area contributed by atoms with Crippen molar-refractivity contribution in [3.8, 4) is 0 Å². The first-order valence-electron chi connectivity index (χ1n) is 9.26. The molecule has 0 aliphatic rings. The quantitative estimate of drug-likeness (QED) is 0.656. The van der Waals surface area contributed by atoms with E-state index in [1.807, 2.05) is 30.5 Å². The Kier molecular flexibility index (Phi) is 6.79. The molecule has 0 radical (unpaired) electrons. The molecule has 2 rings (SSSR count). The Morgan fingerprint density at radius 1 is 1.15 bits per heavy atom.